The van der Waals surface area contributed by atoms with Crippen LogP contribution in [0.25, 0.3) is 0 Å². The van der Waals surface area contributed by atoms with Crippen molar-refractivity contribution < 1.29 is 4.74 Å². The molecule has 0 spiro atoms. The third-order valence-corrected chi connectivity index (χ3v) is 2.71. The Morgan fingerprint density at radius 3 is 3.27 bits per heavy atom. The van der Waals surface area contributed by atoms with Gasteiger partial charge in [-0.25, -0.2) is 0 Å². The van der Waals surface area contributed by atoms with E-state index in [4.69, 9.17) is 4.74 Å². The van der Waals surface area contributed by atoms with Crippen molar-refractivity contribution >= 4 is 0 Å². The zero-order valence-corrected chi connectivity index (χ0v) is 7.05. The Labute approximate surface area is 67.7 Å². The van der Waals surface area contributed by atoms with Crippen molar-refractivity contribution in [3.05, 3.63) is 0 Å². The van der Waals surface area contributed by atoms with Gasteiger partial charge in [0.05, 0.1) is 12.7 Å². The van der Waals surface area contributed by atoms with Crippen molar-refractivity contribution in [2.75, 3.05) is 32.8 Å². The van der Waals surface area contributed by atoms with Crippen LogP contribution < -0.4 is 5.32 Å². The average molecular weight is 156 g/mol. The first-order valence-corrected chi connectivity index (χ1v) is 4.48. The van der Waals surface area contributed by atoms with E-state index >= 15 is 0 Å². The topological polar surface area (TPSA) is 24.5 Å². The highest BCUT2D eigenvalue weighted by atomic mass is 16.5. The summed E-state index contributed by atoms with van der Waals surface area (Å²) in [5.74, 6) is 0. The molecule has 2 aliphatic heterocycles. The molecule has 0 saturated carbocycles. The molecule has 0 aromatic rings. The zero-order valence-electron chi connectivity index (χ0n) is 7.05. The SMILES string of the molecule is CCN1CCOC2CNCC21. The lowest BCUT2D eigenvalue weighted by Crippen LogP contribution is -2.50. The maximum absolute atomic E-state index is 5.63. The average Bonchev–Trinajstić information content (AvgIpc) is 2.50. The van der Waals surface area contributed by atoms with E-state index in [1.807, 2.05) is 0 Å². The maximum atomic E-state index is 5.63. The summed E-state index contributed by atoms with van der Waals surface area (Å²) < 4.78 is 5.63. The van der Waals surface area contributed by atoms with Crippen LogP contribution in [-0.4, -0.2) is 49.8 Å². The molecule has 2 unspecified atom stereocenters. The summed E-state index contributed by atoms with van der Waals surface area (Å²) in [5, 5.41) is 3.36. The van der Waals surface area contributed by atoms with Crippen molar-refractivity contribution in [1.82, 2.24) is 10.2 Å². The van der Waals surface area contributed by atoms with Crippen molar-refractivity contribution in [1.29, 1.82) is 0 Å². The fourth-order valence-electron chi connectivity index (χ4n) is 2.05. The van der Waals surface area contributed by atoms with Gasteiger partial charge < -0.3 is 10.1 Å². The van der Waals surface area contributed by atoms with Gasteiger partial charge in [0.2, 0.25) is 0 Å². The van der Waals surface area contributed by atoms with E-state index in [0.29, 0.717) is 12.1 Å². The Hall–Kier alpha value is -0.120. The molecule has 2 heterocycles. The molecule has 2 atom stereocenters. The van der Waals surface area contributed by atoms with Crippen LogP contribution in [0.5, 0.6) is 0 Å². The molecule has 3 nitrogen and oxygen atoms in total. The predicted octanol–water partition coefficient (Wildman–Crippen LogP) is -0.321. The van der Waals surface area contributed by atoms with Crippen LogP contribution in [0, 0.1) is 0 Å². The second-order valence-electron chi connectivity index (χ2n) is 3.26. The Bertz CT molecular complexity index is 140. The van der Waals surface area contributed by atoms with E-state index < -0.39 is 0 Å². The molecule has 2 saturated heterocycles. The van der Waals surface area contributed by atoms with Gasteiger partial charge >= 0.3 is 0 Å². The van der Waals surface area contributed by atoms with Crippen LogP contribution in [0.1, 0.15) is 6.92 Å². The molecule has 0 radical (unpaired) electrons. The van der Waals surface area contributed by atoms with Crippen LogP contribution in [-0.2, 0) is 4.74 Å². The van der Waals surface area contributed by atoms with Gasteiger partial charge in [-0.15, -0.1) is 0 Å². The fraction of sp³-hybridized carbons (Fsp3) is 1.00. The Morgan fingerprint density at radius 1 is 1.55 bits per heavy atom. The standard InChI is InChI=1S/C8H16N2O/c1-2-10-3-4-11-8-6-9-5-7(8)10/h7-9H,2-6H2,1H3. The normalized spacial score (nSPS) is 39.0. The highest BCUT2D eigenvalue weighted by molar-refractivity contribution is 4.91. The molecule has 11 heavy (non-hydrogen) atoms. The summed E-state index contributed by atoms with van der Waals surface area (Å²) in [6.07, 6.45) is 0.462. The van der Waals surface area contributed by atoms with E-state index in [-0.39, 0.29) is 0 Å². The molecular formula is C8H16N2O. The van der Waals surface area contributed by atoms with E-state index in [2.05, 4.69) is 17.1 Å². The molecule has 2 aliphatic rings. The summed E-state index contributed by atoms with van der Waals surface area (Å²) in [5.41, 5.74) is 0. The Balaban J connectivity index is 2.00. The molecule has 2 fully saturated rings. The Morgan fingerprint density at radius 2 is 2.45 bits per heavy atom. The van der Waals surface area contributed by atoms with E-state index in [1.165, 1.54) is 0 Å². The van der Waals surface area contributed by atoms with Crippen LogP contribution in [0.3, 0.4) is 0 Å². The van der Waals surface area contributed by atoms with Gasteiger partial charge in [-0.1, -0.05) is 6.92 Å². The first-order chi connectivity index (χ1) is 5.42. The van der Waals surface area contributed by atoms with E-state index in [1.54, 1.807) is 0 Å². The lowest BCUT2D eigenvalue weighted by Gasteiger charge is -2.36. The summed E-state index contributed by atoms with van der Waals surface area (Å²) >= 11 is 0. The van der Waals surface area contributed by atoms with Gasteiger partial charge in [-0.05, 0) is 6.54 Å². The monoisotopic (exact) mass is 156 g/mol. The van der Waals surface area contributed by atoms with Gasteiger partial charge in [-0.3, -0.25) is 4.90 Å². The summed E-state index contributed by atoms with van der Waals surface area (Å²) in [6, 6.07) is 0.647. The highest BCUT2D eigenvalue weighted by Gasteiger charge is 2.34. The van der Waals surface area contributed by atoms with E-state index in [9.17, 15) is 0 Å². The maximum Gasteiger partial charge on any atom is 0.0867 e. The van der Waals surface area contributed by atoms with Gasteiger partial charge in [0, 0.05) is 25.7 Å². The van der Waals surface area contributed by atoms with Gasteiger partial charge in [0.1, 0.15) is 0 Å². The van der Waals surface area contributed by atoms with Crippen molar-refractivity contribution in [3.8, 4) is 0 Å². The fourth-order valence-corrected chi connectivity index (χ4v) is 2.05. The number of fused-ring (bicyclic) bond motifs is 1. The molecule has 64 valence electrons. The van der Waals surface area contributed by atoms with Gasteiger partial charge in [0.25, 0.3) is 0 Å². The lowest BCUT2D eigenvalue weighted by molar-refractivity contribution is -0.0446. The molecular weight excluding hydrogens is 140 g/mol. The number of likely N-dealkylation sites (N-methyl/N-ethyl adjacent to an activating group) is 1. The first kappa shape index (κ1) is 7.53. The Kier molecular flexibility index (Phi) is 2.11. The van der Waals surface area contributed by atoms with Crippen molar-refractivity contribution in [2.24, 2.45) is 0 Å². The van der Waals surface area contributed by atoms with Crippen LogP contribution in [0.2, 0.25) is 0 Å². The molecule has 0 aromatic carbocycles. The van der Waals surface area contributed by atoms with Crippen molar-refractivity contribution in [2.45, 2.75) is 19.1 Å². The summed E-state index contributed by atoms with van der Waals surface area (Å²) in [6.45, 7) is 7.56. The third kappa shape index (κ3) is 1.28. The minimum Gasteiger partial charge on any atom is -0.374 e. The van der Waals surface area contributed by atoms with Crippen LogP contribution in [0.15, 0.2) is 0 Å². The number of hydrogen-bond donors (Lipinski definition) is 1. The number of nitrogens with one attached hydrogen (secondary N) is 1. The molecule has 1 N–H and O–H groups in total. The summed E-state index contributed by atoms with van der Waals surface area (Å²) in [4.78, 5) is 2.51. The molecule has 0 aromatic heterocycles. The summed E-state index contributed by atoms with van der Waals surface area (Å²) in [7, 11) is 0. The van der Waals surface area contributed by atoms with Gasteiger partial charge in [-0.2, -0.15) is 0 Å². The number of nitrogens with zero attached hydrogens (tertiary/aromatic N) is 1. The largest absolute Gasteiger partial charge is 0.374 e. The van der Waals surface area contributed by atoms with E-state index in [0.717, 1.165) is 32.8 Å². The quantitative estimate of drug-likeness (QED) is 0.563. The lowest BCUT2D eigenvalue weighted by atomic mass is 10.1. The van der Waals surface area contributed by atoms with Crippen molar-refractivity contribution in [3.63, 3.8) is 0 Å². The second-order valence-corrected chi connectivity index (χ2v) is 3.26. The van der Waals surface area contributed by atoms with Crippen LogP contribution >= 0.6 is 0 Å². The highest BCUT2D eigenvalue weighted by Crippen LogP contribution is 2.16. The smallest absolute Gasteiger partial charge is 0.0867 e. The third-order valence-electron chi connectivity index (χ3n) is 2.71. The molecule has 0 amide bonds. The molecule has 3 heteroatoms. The molecule has 0 bridgehead atoms. The predicted molar refractivity (Wildman–Crippen MR) is 43.6 cm³/mol. The number of hydrogen-bond acceptors (Lipinski definition) is 3. The minimum atomic E-state index is 0.462. The van der Waals surface area contributed by atoms with Gasteiger partial charge in [0.15, 0.2) is 0 Å². The zero-order chi connectivity index (χ0) is 7.68. The minimum absolute atomic E-state index is 0.462. The molecule has 2 rings (SSSR count). The number of morpholine rings is 1. The molecule has 0 aliphatic carbocycles. The second kappa shape index (κ2) is 3.09. The number of rotatable bonds is 1. The number of ether oxygens (including phenoxy) is 1. The van der Waals surface area contributed by atoms with Crippen LogP contribution in [0.4, 0.5) is 0 Å². The first-order valence-electron chi connectivity index (χ1n) is 4.48.